The molecule has 0 unspecified atom stereocenters. The van der Waals surface area contributed by atoms with E-state index in [0.29, 0.717) is 5.75 Å². The summed E-state index contributed by atoms with van der Waals surface area (Å²) in [5.74, 6) is 1.74. The summed E-state index contributed by atoms with van der Waals surface area (Å²) < 4.78 is 2.15. The van der Waals surface area contributed by atoms with Gasteiger partial charge in [0.2, 0.25) is 5.91 Å². The summed E-state index contributed by atoms with van der Waals surface area (Å²) in [6.45, 7) is 3.00. The van der Waals surface area contributed by atoms with Gasteiger partial charge in [-0.25, -0.2) is 0 Å². The second-order valence-corrected chi connectivity index (χ2v) is 7.61. The summed E-state index contributed by atoms with van der Waals surface area (Å²) in [6, 6.07) is 13.0. The Kier molecular flexibility index (Phi) is 5.67. The number of hydrogen-bond acceptors (Lipinski definition) is 2. The number of benzene rings is 1. The van der Waals surface area contributed by atoms with Crippen molar-refractivity contribution in [3.8, 4) is 0 Å². The normalized spacial score (nSPS) is 17.9. The number of likely N-dealkylation sites (tertiary alicyclic amines) is 1. The van der Waals surface area contributed by atoms with Gasteiger partial charge >= 0.3 is 0 Å². The molecule has 0 saturated carbocycles. The number of aryl methyl sites for hydroxylation is 2. The van der Waals surface area contributed by atoms with Gasteiger partial charge in [-0.3, -0.25) is 4.79 Å². The van der Waals surface area contributed by atoms with E-state index < -0.39 is 0 Å². The van der Waals surface area contributed by atoms with E-state index in [9.17, 15) is 4.79 Å². The van der Waals surface area contributed by atoms with Gasteiger partial charge in [-0.2, -0.15) is 0 Å². The van der Waals surface area contributed by atoms with Crippen LogP contribution < -0.4 is 0 Å². The lowest BCUT2D eigenvalue weighted by Gasteiger charge is -2.36. The second-order valence-electron chi connectivity index (χ2n) is 6.62. The molecule has 3 rings (SSSR count). The van der Waals surface area contributed by atoms with Crippen molar-refractivity contribution in [3.05, 3.63) is 59.4 Å². The van der Waals surface area contributed by atoms with E-state index in [1.165, 1.54) is 23.2 Å². The van der Waals surface area contributed by atoms with Crippen LogP contribution in [0.25, 0.3) is 0 Å². The number of carbonyl (C=O) groups is 1. The molecule has 128 valence electrons. The minimum atomic E-state index is 0.241. The van der Waals surface area contributed by atoms with Crippen LogP contribution in [0.3, 0.4) is 0 Å². The number of rotatable bonds is 5. The molecular weight excluding hydrogens is 316 g/mol. The average Bonchev–Trinajstić information content (AvgIpc) is 3.01. The van der Waals surface area contributed by atoms with Crippen molar-refractivity contribution in [3.63, 3.8) is 0 Å². The summed E-state index contributed by atoms with van der Waals surface area (Å²) in [5, 5.41) is 0. The Morgan fingerprint density at radius 3 is 2.88 bits per heavy atom. The van der Waals surface area contributed by atoms with Gasteiger partial charge in [-0.05, 0) is 43.9 Å². The van der Waals surface area contributed by atoms with Crippen LogP contribution in [-0.4, -0.2) is 27.7 Å². The smallest absolute Gasteiger partial charge is 0.233 e. The molecule has 4 heteroatoms. The number of hydrogen-bond donors (Lipinski definition) is 0. The Morgan fingerprint density at radius 1 is 1.25 bits per heavy atom. The maximum Gasteiger partial charge on any atom is 0.233 e. The molecule has 1 aromatic carbocycles. The Bertz CT molecular complexity index is 694. The van der Waals surface area contributed by atoms with E-state index >= 15 is 0 Å². The quantitative estimate of drug-likeness (QED) is 0.808. The number of carbonyl (C=O) groups excluding carboxylic acids is 1. The van der Waals surface area contributed by atoms with Gasteiger partial charge in [0.25, 0.3) is 0 Å². The van der Waals surface area contributed by atoms with E-state index in [1.807, 2.05) is 0 Å². The van der Waals surface area contributed by atoms with Crippen molar-refractivity contribution >= 4 is 17.7 Å². The standard InChI is InChI=1S/C20H26N2OS/c1-16-7-5-8-17(13-16)14-24-15-20(23)22-12-4-3-9-19(22)18-10-6-11-21(18)2/h5-8,10-11,13,19H,3-4,9,12,14-15H2,1-2H3/t19-/m0/s1. The molecule has 1 saturated heterocycles. The Morgan fingerprint density at radius 2 is 2.12 bits per heavy atom. The van der Waals surface area contributed by atoms with Gasteiger partial charge in [0, 0.05) is 31.2 Å². The molecule has 1 fully saturated rings. The van der Waals surface area contributed by atoms with Crippen molar-refractivity contribution < 1.29 is 4.79 Å². The second kappa shape index (κ2) is 7.93. The SMILES string of the molecule is Cc1cccc(CSCC(=O)N2CCCC[C@H]2c2cccn2C)c1. The van der Waals surface area contributed by atoms with E-state index in [1.54, 1.807) is 11.8 Å². The van der Waals surface area contributed by atoms with Gasteiger partial charge < -0.3 is 9.47 Å². The Hall–Kier alpha value is -1.68. The lowest BCUT2D eigenvalue weighted by molar-refractivity contribution is -0.132. The number of piperidine rings is 1. The highest BCUT2D eigenvalue weighted by Gasteiger charge is 2.28. The summed E-state index contributed by atoms with van der Waals surface area (Å²) in [6.07, 6.45) is 5.47. The van der Waals surface area contributed by atoms with Gasteiger partial charge in [0.05, 0.1) is 11.8 Å². The first kappa shape index (κ1) is 17.2. The van der Waals surface area contributed by atoms with Crippen molar-refractivity contribution in [2.45, 2.75) is 38.0 Å². The molecule has 0 aliphatic carbocycles. The molecule has 1 aliphatic heterocycles. The largest absolute Gasteiger partial charge is 0.353 e. The zero-order chi connectivity index (χ0) is 16.9. The van der Waals surface area contributed by atoms with Crippen molar-refractivity contribution in [1.82, 2.24) is 9.47 Å². The van der Waals surface area contributed by atoms with Crippen LogP contribution in [0.15, 0.2) is 42.6 Å². The van der Waals surface area contributed by atoms with Crippen LogP contribution in [0.1, 0.15) is 42.1 Å². The molecule has 0 spiro atoms. The molecule has 3 nitrogen and oxygen atoms in total. The van der Waals surface area contributed by atoms with Crippen LogP contribution in [0.5, 0.6) is 0 Å². The zero-order valence-corrected chi connectivity index (χ0v) is 15.4. The number of aromatic nitrogens is 1. The first-order chi connectivity index (χ1) is 11.6. The highest BCUT2D eigenvalue weighted by Crippen LogP contribution is 2.31. The molecule has 1 aliphatic rings. The molecule has 0 radical (unpaired) electrons. The average molecular weight is 343 g/mol. The maximum absolute atomic E-state index is 12.8. The van der Waals surface area contributed by atoms with E-state index in [-0.39, 0.29) is 11.9 Å². The fraction of sp³-hybridized carbons (Fsp3) is 0.450. The molecule has 1 atom stereocenters. The molecule has 2 aromatic rings. The fourth-order valence-corrected chi connectivity index (χ4v) is 4.36. The Balaban J connectivity index is 1.59. The molecular formula is C20H26N2OS. The minimum absolute atomic E-state index is 0.241. The summed E-state index contributed by atoms with van der Waals surface area (Å²) in [5.41, 5.74) is 3.83. The van der Waals surface area contributed by atoms with Crippen LogP contribution in [0.2, 0.25) is 0 Å². The van der Waals surface area contributed by atoms with Crippen LogP contribution in [-0.2, 0) is 17.6 Å². The van der Waals surface area contributed by atoms with Crippen molar-refractivity contribution in [1.29, 1.82) is 0 Å². The van der Waals surface area contributed by atoms with Crippen LogP contribution >= 0.6 is 11.8 Å². The number of amides is 1. The van der Waals surface area contributed by atoms with Gasteiger partial charge in [-0.1, -0.05) is 29.8 Å². The summed E-state index contributed by atoms with van der Waals surface area (Å²) >= 11 is 1.72. The summed E-state index contributed by atoms with van der Waals surface area (Å²) in [7, 11) is 2.07. The first-order valence-corrected chi connectivity index (χ1v) is 9.84. The molecule has 0 N–H and O–H groups in total. The fourth-order valence-electron chi connectivity index (χ4n) is 3.50. The lowest BCUT2D eigenvalue weighted by Crippen LogP contribution is -2.40. The van der Waals surface area contributed by atoms with Crippen LogP contribution in [0.4, 0.5) is 0 Å². The van der Waals surface area contributed by atoms with E-state index in [0.717, 1.165) is 25.1 Å². The number of nitrogens with zero attached hydrogens (tertiary/aromatic N) is 2. The third kappa shape index (κ3) is 4.04. The van der Waals surface area contributed by atoms with Gasteiger partial charge in [0.15, 0.2) is 0 Å². The first-order valence-electron chi connectivity index (χ1n) is 8.69. The van der Waals surface area contributed by atoms with Gasteiger partial charge in [-0.15, -0.1) is 11.8 Å². The monoisotopic (exact) mass is 342 g/mol. The van der Waals surface area contributed by atoms with Gasteiger partial charge in [0.1, 0.15) is 0 Å². The van der Waals surface area contributed by atoms with Crippen LogP contribution in [0, 0.1) is 6.92 Å². The minimum Gasteiger partial charge on any atom is -0.353 e. The summed E-state index contributed by atoms with van der Waals surface area (Å²) in [4.78, 5) is 14.9. The maximum atomic E-state index is 12.8. The highest BCUT2D eigenvalue weighted by molar-refractivity contribution is 7.99. The molecule has 1 amide bonds. The van der Waals surface area contributed by atoms with Crippen molar-refractivity contribution in [2.24, 2.45) is 7.05 Å². The van der Waals surface area contributed by atoms with E-state index in [4.69, 9.17) is 0 Å². The zero-order valence-electron chi connectivity index (χ0n) is 14.6. The molecule has 24 heavy (non-hydrogen) atoms. The Labute approximate surface area is 149 Å². The lowest BCUT2D eigenvalue weighted by atomic mass is 9.99. The predicted octanol–water partition coefficient (Wildman–Crippen LogP) is 4.32. The highest BCUT2D eigenvalue weighted by atomic mass is 32.2. The van der Waals surface area contributed by atoms with E-state index in [2.05, 4.69) is 66.0 Å². The number of thioether (sulfide) groups is 1. The topological polar surface area (TPSA) is 25.2 Å². The molecule has 2 heterocycles. The third-order valence-corrected chi connectivity index (χ3v) is 5.71. The molecule has 1 aromatic heterocycles. The molecule has 0 bridgehead atoms. The van der Waals surface area contributed by atoms with Crippen molar-refractivity contribution in [2.75, 3.05) is 12.3 Å². The third-order valence-electron chi connectivity index (χ3n) is 4.73. The predicted molar refractivity (Wildman–Crippen MR) is 101 cm³/mol.